The zero-order valence-electron chi connectivity index (χ0n) is 20.3. The van der Waals surface area contributed by atoms with E-state index in [1.807, 2.05) is 37.3 Å². The topological polar surface area (TPSA) is 98.8 Å². The van der Waals surface area contributed by atoms with Crippen molar-refractivity contribution in [1.29, 1.82) is 0 Å². The molecule has 1 aliphatic rings. The molecule has 0 spiro atoms. The van der Waals surface area contributed by atoms with E-state index >= 15 is 0 Å². The Hall–Kier alpha value is -4.46. The Balaban J connectivity index is 1.46. The number of H-pyrrole nitrogens is 1. The van der Waals surface area contributed by atoms with Gasteiger partial charge in [-0.2, -0.15) is 0 Å². The first-order valence-corrected chi connectivity index (χ1v) is 12.0. The van der Waals surface area contributed by atoms with Crippen molar-refractivity contribution in [3.63, 3.8) is 0 Å². The number of rotatable bonds is 4. The van der Waals surface area contributed by atoms with Gasteiger partial charge in [0.15, 0.2) is 11.5 Å². The van der Waals surface area contributed by atoms with E-state index in [1.54, 1.807) is 0 Å². The van der Waals surface area contributed by atoms with E-state index in [1.165, 1.54) is 0 Å². The van der Waals surface area contributed by atoms with Crippen molar-refractivity contribution in [2.75, 3.05) is 0 Å². The zero-order valence-corrected chi connectivity index (χ0v) is 20.3. The molecule has 1 aliphatic heterocycles. The van der Waals surface area contributed by atoms with Crippen LogP contribution < -0.4 is 10.5 Å². The van der Waals surface area contributed by atoms with E-state index in [9.17, 15) is 4.79 Å². The average molecular weight is 480 g/mol. The minimum absolute atomic E-state index is 0.357. The summed E-state index contributed by atoms with van der Waals surface area (Å²) in [5, 5.41) is 3.84. The summed E-state index contributed by atoms with van der Waals surface area (Å²) >= 11 is 0. The minimum Gasteiger partial charge on any atom is -0.488 e. The molecule has 1 N–H and O–H groups in total. The van der Waals surface area contributed by atoms with E-state index in [-0.39, 0.29) is 0 Å². The van der Waals surface area contributed by atoms with Crippen LogP contribution in [0.5, 0.6) is 5.75 Å². The molecule has 0 saturated heterocycles. The quantitative estimate of drug-likeness (QED) is 0.397. The lowest BCUT2D eigenvalue weighted by Gasteiger charge is -2.13. The SMILES string of the molecule is CCc1nc2c(C)cc(C)nc2n1Cc1ccc2c(c1)OCc1ccccc1C2=Cc1noc(=O)[nH]1. The van der Waals surface area contributed by atoms with Crippen LogP contribution in [0, 0.1) is 13.8 Å². The van der Waals surface area contributed by atoms with E-state index in [4.69, 9.17) is 19.2 Å². The molecule has 0 aliphatic carbocycles. The molecule has 3 aromatic heterocycles. The van der Waals surface area contributed by atoms with Gasteiger partial charge in [-0.3, -0.25) is 9.51 Å². The summed E-state index contributed by atoms with van der Waals surface area (Å²) < 4.78 is 13.2. The molecule has 8 heteroatoms. The third-order valence-corrected chi connectivity index (χ3v) is 6.52. The van der Waals surface area contributed by atoms with Crippen molar-refractivity contribution in [3.05, 3.63) is 104 Å². The number of aromatic nitrogens is 5. The van der Waals surface area contributed by atoms with Crippen LogP contribution in [-0.2, 0) is 19.6 Å². The van der Waals surface area contributed by atoms with Gasteiger partial charge in [-0.1, -0.05) is 48.5 Å². The normalized spacial score (nSPS) is 13.9. The second-order valence-corrected chi connectivity index (χ2v) is 9.04. The maximum absolute atomic E-state index is 11.5. The predicted molar refractivity (Wildman–Crippen MR) is 137 cm³/mol. The van der Waals surface area contributed by atoms with Gasteiger partial charge < -0.3 is 9.30 Å². The largest absolute Gasteiger partial charge is 0.488 e. The highest BCUT2D eigenvalue weighted by molar-refractivity contribution is 5.93. The number of ether oxygens (including phenoxy) is 1. The number of pyridine rings is 1. The summed E-state index contributed by atoms with van der Waals surface area (Å²) in [6, 6.07) is 16.4. The Kier molecular flexibility index (Phi) is 5.29. The number of aryl methyl sites for hydroxylation is 3. The van der Waals surface area contributed by atoms with Gasteiger partial charge in [0.05, 0.1) is 6.54 Å². The molecular weight excluding hydrogens is 454 g/mol. The first kappa shape index (κ1) is 22.0. The number of benzene rings is 2. The van der Waals surface area contributed by atoms with Gasteiger partial charge in [0.25, 0.3) is 0 Å². The molecule has 36 heavy (non-hydrogen) atoms. The van der Waals surface area contributed by atoms with Gasteiger partial charge >= 0.3 is 5.76 Å². The van der Waals surface area contributed by atoms with E-state index in [0.717, 1.165) is 68.2 Å². The first-order valence-electron chi connectivity index (χ1n) is 12.0. The van der Waals surface area contributed by atoms with Crippen LogP contribution in [-0.4, -0.2) is 24.7 Å². The number of hydrogen-bond acceptors (Lipinski definition) is 6. The molecule has 2 aromatic carbocycles. The molecule has 8 nitrogen and oxygen atoms in total. The number of hydrogen-bond donors (Lipinski definition) is 1. The summed E-state index contributed by atoms with van der Waals surface area (Å²) in [4.78, 5) is 23.8. The van der Waals surface area contributed by atoms with Crippen LogP contribution in [0.15, 0.2) is 57.8 Å². The second kappa shape index (κ2) is 8.64. The molecule has 5 aromatic rings. The molecule has 0 unspecified atom stereocenters. The van der Waals surface area contributed by atoms with Gasteiger partial charge in [0.1, 0.15) is 23.7 Å². The van der Waals surface area contributed by atoms with Crippen molar-refractivity contribution in [2.45, 2.75) is 40.3 Å². The van der Waals surface area contributed by atoms with Gasteiger partial charge in [0, 0.05) is 17.7 Å². The van der Waals surface area contributed by atoms with Gasteiger partial charge in [-0.05, 0) is 59.9 Å². The van der Waals surface area contributed by atoms with E-state index < -0.39 is 5.76 Å². The number of nitrogens with zero attached hydrogens (tertiary/aromatic N) is 4. The standard InChI is InChI=1S/C28H25N5O3/c1-4-25-31-26-16(2)11-17(3)29-27(26)33(25)14-18-9-10-21-22(13-24-30-28(34)36-32-24)20-8-6-5-7-19(20)15-35-23(21)12-18/h5-13H,4,14-15H2,1-3H3,(H,30,32,34). The Morgan fingerprint density at radius 3 is 2.75 bits per heavy atom. The Morgan fingerprint density at radius 1 is 1.08 bits per heavy atom. The number of fused-ring (bicyclic) bond motifs is 3. The first-order chi connectivity index (χ1) is 17.5. The lowest BCUT2D eigenvalue weighted by atomic mass is 9.93. The van der Waals surface area contributed by atoms with Crippen LogP contribution in [0.4, 0.5) is 0 Å². The molecule has 0 amide bonds. The molecule has 4 heterocycles. The maximum Gasteiger partial charge on any atom is 0.439 e. The van der Waals surface area contributed by atoms with Crippen molar-refractivity contribution in [3.8, 4) is 5.75 Å². The molecule has 180 valence electrons. The highest BCUT2D eigenvalue weighted by Gasteiger charge is 2.21. The lowest BCUT2D eigenvalue weighted by molar-refractivity contribution is 0.307. The van der Waals surface area contributed by atoms with Crippen molar-refractivity contribution >= 4 is 22.8 Å². The molecular formula is C28H25N5O3. The van der Waals surface area contributed by atoms with Crippen molar-refractivity contribution in [1.82, 2.24) is 24.7 Å². The molecule has 0 radical (unpaired) electrons. The summed E-state index contributed by atoms with van der Waals surface area (Å²) in [6.45, 7) is 7.28. The number of aromatic amines is 1. The fraction of sp³-hybridized carbons (Fsp3) is 0.214. The van der Waals surface area contributed by atoms with Crippen LogP contribution in [0.1, 0.15) is 52.1 Å². The average Bonchev–Trinajstić information content (AvgIpc) is 3.40. The summed E-state index contributed by atoms with van der Waals surface area (Å²) in [7, 11) is 0. The Morgan fingerprint density at radius 2 is 1.94 bits per heavy atom. The minimum atomic E-state index is -0.589. The highest BCUT2D eigenvalue weighted by Crippen LogP contribution is 2.38. The monoisotopic (exact) mass is 479 g/mol. The Labute approximate surface area is 207 Å². The van der Waals surface area contributed by atoms with E-state index in [0.29, 0.717) is 19.0 Å². The van der Waals surface area contributed by atoms with Gasteiger partial charge in [-0.15, -0.1) is 0 Å². The fourth-order valence-corrected chi connectivity index (χ4v) is 4.88. The summed E-state index contributed by atoms with van der Waals surface area (Å²) in [5.74, 6) is 1.54. The van der Waals surface area contributed by atoms with Crippen molar-refractivity contribution in [2.24, 2.45) is 0 Å². The molecule has 0 fully saturated rings. The van der Waals surface area contributed by atoms with Gasteiger partial charge in [-0.25, -0.2) is 14.8 Å². The third kappa shape index (κ3) is 3.80. The zero-order chi connectivity index (χ0) is 24.8. The molecule has 0 bridgehead atoms. The van der Waals surface area contributed by atoms with Gasteiger partial charge in [0.2, 0.25) is 0 Å². The maximum atomic E-state index is 11.5. The number of imidazole rings is 1. The summed E-state index contributed by atoms with van der Waals surface area (Å²) in [6.07, 6.45) is 2.64. The van der Waals surface area contributed by atoms with Crippen molar-refractivity contribution < 1.29 is 9.26 Å². The molecule has 6 rings (SSSR count). The molecule has 0 atom stereocenters. The number of nitrogens with one attached hydrogen (secondary N) is 1. The predicted octanol–water partition coefficient (Wildman–Crippen LogP) is 4.82. The summed E-state index contributed by atoms with van der Waals surface area (Å²) in [5.41, 5.74) is 8.96. The highest BCUT2D eigenvalue weighted by atomic mass is 16.5. The third-order valence-electron chi connectivity index (χ3n) is 6.52. The smallest absolute Gasteiger partial charge is 0.439 e. The molecule has 0 saturated carbocycles. The second-order valence-electron chi connectivity index (χ2n) is 9.04. The fourth-order valence-electron chi connectivity index (χ4n) is 4.88. The van der Waals surface area contributed by atoms with Crippen LogP contribution in [0.25, 0.3) is 22.8 Å². The van der Waals surface area contributed by atoms with Crippen LogP contribution >= 0.6 is 0 Å². The van der Waals surface area contributed by atoms with Crippen LogP contribution in [0.3, 0.4) is 0 Å². The lowest BCUT2D eigenvalue weighted by Crippen LogP contribution is -2.06. The Bertz CT molecular complexity index is 1710. The van der Waals surface area contributed by atoms with Crippen LogP contribution in [0.2, 0.25) is 0 Å². The van der Waals surface area contributed by atoms with E-state index in [2.05, 4.69) is 52.8 Å².